The molecule has 2 N–H and O–H groups in total. The third-order valence-electron chi connectivity index (χ3n) is 3.98. The fourth-order valence-corrected chi connectivity index (χ4v) is 4.29. The standard InChI is InChI=1S/C21H23N3O4S/c1-14-18(19(23-28-14)15-9-6-5-7-10-15)20(25)22-16-11-8-12-17(13-16)29(26,27)24-21(2,3)4/h5-13,24H,1-4H3,(H,22,25). The molecule has 0 fully saturated rings. The molecule has 0 aliphatic heterocycles. The van der Waals surface area contributed by atoms with E-state index in [-0.39, 0.29) is 4.90 Å². The molecular formula is C21H23N3O4S. The van der Waals surface area contributed by atoms with Crippen molar-refractivity contribution in [3.63, 3.8) is 0 Å². The fourth-order valence-electron chi connectivity index (χ4n) is 2.83. The summed E-state index contributed by atoms with van der Waals surface area (Å²) in [4.78, 5) is 13.0. The predicted octanol–water partition coefficient (Wildman–Crippen LogP) is 3.98. The van der Waals surface area contributed by atoms with Crippen LogP contribution in [0.2, 0.25) is 0 Å². The van der Waals surface area contributed by atoms with Crippen LogP contribution in [0.1, 0.15) is 36.9 Å². The number of carbonyl (C=O) groups excluding carboxylic acids is 1. The summed E-state index contributed by atoms with van der Waals surface area (Å²) in [5.74, 6) is -0.0551. The monoisotopic (exact) mass is 413 g/mol. The van der Waals surface area contributed by atoms with Crippen LogP contribution in [0.4, 0.5) is 5.69 Å². The van der Waals surface area contributed by atoms with E-state index in [2.05, 4.69) is 15.2 Å². The van der Waals surface area contributed by atoms with Gasteiger partial charge in [0, 0.05) is 16.8 Å². The topological polar surface area (TPSA) is 101 Å². The van der Waals surface area contributed by atoms with Crippen LogP contribution < -0.4 is 10.0 Å². The molecule has 0 saturated carbocycles. The van der Waals surface area contributed by atoms with Crippen molar-refractivity contribution in [2.75, 3.05) is 5.32 Å². The summed E-state index contributed by atoms with van der Waals surface area (Å²) < 4.78 is 32.9. The van der Waals surface area contributed by atoms with Gasteiger partial charge in [-0.25, -0.2) is 13.1 Å². The van der Waals surface area contributed by atoms with Gasteiger partial charge < -0.3 is 9.84 Å². The van der Waals surface area contributed by atoms with Gasteiger partial charge in [0.2, 0.25) is 10.0 Å². The molecule has 0 unspecified atom stereocenters. The minimum absolute atomic E-state index is 0.0653. The van der Waals surface area contributed by atoms with Crippen molar-refractivity contribution in [2.45, 2.75) is 38.1 Å². The largest absolute Gasteiger partial charge is 0.360 e. The Bertz CT molecular complexity index is 1130. The van der Waals surface area contributed by atoms with Crippen molar-refractivity contribution in [1.82, 2.24) is 9.88 Å². The summed E-state index contributed by atoms with van der Waals surface area (Å²) in [6, 6.07) is 15.3. The molecule has 0 bridgehead atoms. The molecule has 3 aromatic rings. The summed E-state index contributed by atoms with van der Waals surface area (Å²) >= 11 is 0. The number of rotatable bonds is 5. The summed E-state index contributed by atoms with van der Waals surface area (Å²) in [6.07, 6.45) is 0. The van der Waals surface area contributed by atoms with Crippen molar-refractivity contribution in [2.24, 2.45) is 0 Å². The maximum Gasteiger partial charge on any atom is 0.261 e. The molecule has 29 heavy (non-hydrogen) atoms. The van der Waals surface area contributed by atoms with Gasteiger partial charge >= 0.3 is 0 Å². The smallest absolute Gasteiger partial charge is 0.261 e. The van der Waals surface area contributed by atoms with Crippen molar-refractivity contribution in [3.05, 3.63) is 65.9 Å². The van der Waals surface area contributed by atoms with Crippen molar-refractivity contribution in [3.8, 4) is 11.3 Å². The number of nitrogens with one attached hydrogen (secondary N) is 2. The molecule has 3 rings (SSSR count). The zero-order valence-corrected chi connectivity index (χ0v) is 17.5. The Morgan fingerprint density at radius 1 is 1.03 bits per heavy atom. The Hall–Kier alpha value is -2.97. The Labute approximate surface area is 170 Å². The van der Waals surface area contributed by atoms with E-state index in [1.54, 1.807) is 39.8 Å². The lowest BCUT2D eigenvalue weighted by molar-refractivity contribution is 0.102. The highest BCUT2D eigenvalue weighted by atomic mass is 32.2. The summed E-state index contributed by atoms with van der Waals surface area (Å²) in [7, 11) is -3.72. The van der Waals surface area contributed by atoms with Crippen LogP contribution in [0, 0.1) is 6.92 Å². The molecule has 7 nitrogen and oxygen atoms in total. The van der Waals surface area contributed by atoms with E-state index in [1.165, 1.54) is 12.1 Å². The van der Waals surface area contributed by atoms with E-state index in [0.717, 1.165) is 5.56 Å². The van der Waals surface area contributed by atoms with Crippen LogP contribution in [-0.4, -0.2) is 25.0 Å². The van der Waals surface area contributed by atoms with E-state index in [9.17, 15) is 13.2 Å². The molecule has 0 aliphatic carbocycles. The maximum absolute atomic E-state index is 12.9. The number of anilines is 1. The van der Waals surface area contributed by atoms with Crippen LogP contribution in [0.25, 0.3) is 11.3 Å². The molecule has 1 aromatic heterocycles. The first-order chi connectivity index (χ1) is 13.6. The lowest BCUT2D eigenvalue weighted by Crippen LogP contribution is -2.40. The second-order valence-electron chi connectivity index (χ2n) is 7.67. The highest BCUT2D eigenvalue weighted by Crippen LogP contribution is 2.26. The number of sulfonamides is 1. The van der Waals surface area contributed by atoms with Gasteiger partial charge in [0.05, 0.1) is 4.90 Å². The quantitative estimate of drug-likeness (QED) is 0.659. The fraction of sp³-hybridized carbons (Fsp3) is 0.238. The molecule has 1 heterocycles. The van der Waals surface area contributed by atoms with Gasteiger partial charge in [-0.2, -0.15) is 0 Å². The second kappa shape index (κ2) is 7.81. The number of carbonyl (C=O) groups is 1. The molecule has 0 radical (unpaired) electrons. The van der Waals surface area contributed by atoms with Crippen molar-refractivity contribution >= 4 is 21.6 Å². The first-order valence-electron chi connectivity index (χ1n) is 9.04. The minimum Gasteiger partial charge on any atom is -0.360 e. The van der Waals surface area contributed by atoms with Crippen LogP contribution in [0.3, 0.4) is 0 Å². The number of amides is 1. The normalized spacial score (nSPS) is 12.0. The average Bonchev–Trinajstić information content (AvgIpc) is 3.02. The summed E-state index contributed by atoms with van der Waals surface area (Å²) in [5, 5.41) is 6.74. The first-order valence-corrected chi connectivity index (χ1v) is 10.5. The molecule has 2 aromatic carbocycles. The zero-order valence-electron chi connectivity index (χ0n) is 16.7. The van der Waals surface area contributed by atoms with E-state index in [0.29, 0.717) is 22.7 Å². The lowest BCUT2D eigenvalue weighted by atomic mass is 10.1. The van der Waals surface area contributed by atoms with Crippen LogP contribution in [0.15, 0.2) is 64.0 Å². The molecule has 0 atom stereocenters. The summed E-state index contributed by atoms with van der Waals surface area (Å²) in [6.45, 7) is 6.93. The number of hydrogen-bond donors (Lipinski definition) is 2. The molecule has 0 aliphatic rings. The van der Waals surface area contributed by atoms with Crippen LogP contribution in [-0.2, 0) is 10.0 Å². The lowest BCUT2D eigenvalue weighted by Gasteiger charge is -2.20. The van der Waals surface area contributed by atoms with Crippen molar-refractivity contribution in [1.29, 1.82) is 0 Å². The maximum atomic E-state index is 12.9. The molecule has 0 spiro atoms. The van der Waals surface area contributed by atoms with E-state index in [4.69, 9.17) is 4.52 Å². The van der Waals surface area contributed by atoms with Crippen molar-refractivity contribution < 1.29 is 17.7 Å². The Morgan fingerprint density at radius 3 is 2.38 bits per heavy atom. The van der Waals surface area contributed by atoms with Gasteiger partial charge in [-0.1, -0.05) is 41.6 Å². The molecule has 1 amide bonds. The number of benzene rings is 2. The van der Waals surface area contributed by atoms with Gasteiger partial charge in [0.15, 0.2) is 0 Å². The van der Waals surface area contributed by atoms with Gasteiger partial charge in [-0.3, -0.25) is 4.79 Å². The Balaban J connectivity index is 1.89. The second-order valence-corrected chi connectivity index (χ2v) is 9.35. The zero-order chi connectivity index (χ0) is 21.2. The highest BCUT2D eigenvalue weighted by Gasteiger charge is 2.24. The molecule has 0 saturated heterocycles. The molecular weight excluding hydrogens is 390 g/mol. The van der Waals surface area contributed by atoms with Crippen LogP contribution in [0.5, 0.6) is 0 Å². The number of aromatic nitrogens is 1. The SMILES string of the molecule is Cc1onc(-c2ccccc2)c1C(=O)Nc1cccc(S(=O)(=O)NC(C)(C)C)c1. The first kappa shape index (κ1) is 20.8. The Morgan fingerprint density at radius 2 is 1.72 bits per heavy atom. The summed E-state index contributed by atoms with van der Waals surface area (Å²) in [5.41, 5.74) is 1.21. The minimum atomic E-state index is -3.72. The Kier molecular flexibility index (Phi) is 5.59. The highest BCUT2D eigenvalue weighted by molar-refractivity contribution is 7.89. The van der Waals surface area contributed by atoms with Gasteiger partial charge in [0.25, 0.3) is 5.91 Å². The van der Waals surface area contributed by atoms with Gasteiger partial charge in [0.1, 0.15) is 17.0 Å². The van der Waals surface area contributed by atoms with Gasteiger partial charge in [-0.05, 0) is 45.9 Å². The number of hydrogen-bond acceptors (Lipinski definition) is 5. The third-order valence-corrected chi connectivity index (χ3v) is 5.74. The third kappa shape index (κ3) is 4.90. The average molecular weight is 413 g/mol. The number of aryl methyl sites for hydroxylation is 1. The van der Waals surface area contributed by atoms with E-state index >= 15 is 0 Å². The number of nitrogens with zero attached hydrogens (tertiary/aromatic N) is 1. The van der Waals surface area contributed by atoms with Crippen LogP contribution >= 0.6 is 0 Å². The van der Waals surface area contributed by atoms with Gasteiger partial charge in [-0.15, -0.1) is 0 Å². The molecule has 8 heteroatoms. The van der Waals surface area contributed by atoms with E-state index in [1.807, 2.05) is 30.3 Å². The molecule has 152 valence electrons. The predicted molar refractivity (Wildman–Crippen MR) is 111 cm³/mol. The van der Waals surface area contributed by atoms with E-state index < -0.39 is 21.5 Å².